The number of amides is 2. The molecule has 65 heavy (non-hydrogen) atoms. The second kappa shape index (κ2) is 19.3. The number of rotatable bonds is 14. The maximum atomic E-state index is 14.9. The summed E-state index contributed by atoms with van der Waals surface area (Å²) in [6, 6.07) is 6.53. The van der Waals surface area contributed by atoms with Crippen LogP contribution in [0, 0.1) is 5.41 Å². The summed E-state index contributed by atoms with van der Waals surface area (Å²) in [5.74, 6) is -1.58. The Balaban J connectivity index is 1.26. The number of nitrogens with zero attached hydrogens (tertiary/aromatic N) is 6. The van der Waals surface area contributed by atoms with Gasteiger partial charge in [0.05, 0.1) is 23.3 Å². The molecule has 0 spiro atoms. The number of carboxylic acid groups (broad SMARTS) is 1. The highest BCUT2D eigenvalue weighted by Gasteiger charge is 2.37. The molecule has 3 fully saturated rings. The Morgan fingerprint density at radius 2 is 1.71 bits per heavy atom. The number of alkyl carbamates (subject to hydrolysis) is 1. The van der Waals surface area contributed by atoms with Gasteiger partial charge in [-0.2, -0.15) is 13.2 Å². The first kappa shape index (κ1) is 48.3. The lowest BCUT2D eigenvalue weighted by Crippen LogP contribution is -2.62. The number of carbonyl (C=O) groups is 3. The number of ether oxygens (including phenoxy) is 1. The van der Waals surface area contributed by atoms with E-state index in [2.05, 4.69) is 58.4 Å². The summed E-state index contributed by atoms with van der Waals surface area (Å²) >= 11 is 0. The molecule has 13 nitrogen and oxygen atoms in total. The Kier molecular flexibility index (Phi) is 14.3. The van der Waals surface area contributed by atoms with Gasteiger partial charge in [0.25, 0.3) is 5.91 Å². The molecule has 16 heteroatoms. The van der Waals surface area contributed by atoms with Crippen LogP contribution < -0.4 is 15.6 Å². The highest BCUT2D eigenvalue weighted by molar-refractivity contribution is 5.95. The van der Waals surface area contributed by atoms with E-state index in [0.717, 1.165) is 71.6 Å². The van der Waals surface area contributed by atoms with Crippen molar-refractivity contribution in [1.29, 1.82) is 0 Å². The van der Waals surface area contributed by atoms with Gasteiger partial charge in [-0.3, -0.25) is 29.4 Å². The topological polar surface area (TPSA) is 136 Å². The number of piperazine rings is 1. The van der Waals surface area contributed by atoms with Crippen LogP contribution in [0.2, 0.25) is 0 Å². The largest absolute Gasteiger partial charge is 0.480 e. The van der Waals surface area contributed by atoms with E-state index in [1.807, 2.05) is 38.2 Å². The van der Waals surface area contributed by atoms with Crippen molar-refractivity contribution in [1.82, 2.24) is 35.1 Å². The normalized spacial score (nSPS) is 20.0. The standard InChI is InChI=1S/C49H69F3N8O5/c1-9-48(7,8)26-38-36-24-32(33-12-10-18-56(28-33)29-40(54-46(64)65-47(4,5)6)44(61)60-19-11-13-39(55-60)45(62)63)14-17-41(36)59(30-49(50,51)52)43(38)37-25-35(27-53-42(37)31(2)3)58-22-20-57(21-23-58)34-15-16-34/h12,14,17,24-25,27,31,34,39-40,55H,9-11,13,15-16,18-23,26,28-30H2,1-8H3,(H,54,64)(H,62,63)/t39-,40-/m0/s1. The summed E-state index contributed by atoms with van der Waals surface area (Å²) in [4.78, 5) is 51.0. The zero-order valence-corrected chi connectivity index (χ0v) is 39.5. The van der Waals surface area contributed by atoms with E-state index in [1.54, 1.807) is 20.8 Å². The smallest absolute Gasteiger partial charge is 0.408 e. The first-order valence-corrected chi connectivity index (χ1v) is 23.5. The third kappa shape index (κ3) is 11.8. The molecule has 3 aromatic rings. The lowest BCUT2D eigenvalue weighted by Gasteiger charge is -2.36. The molecule has 1 saturated carbocycles. The lowest BCUT2D eigenvalue weighted by atomic mass is 9.81. The van der Waals surface area contributed by atoms with Gasteiger partial charge in [0, 0.05) is 74.9 Å². The summed E-state index contributed by atoms with van der Waals surface area (Å²) in [7, 11) is 0. The summed E-state index contributed by atoms with van der Waals surface area (Å²) in [6.07, 6.45) is 4.11. The fourth-order valence-electron chi connectivity index (χ4n) is 9.51. The molecule has 0 bridgehead atoms. The van der Waals surface area contributed by atoms with E-state index >= 15 is 0 Å². The van der Waals surface area contributed by atoms with Gasteiger partial charge >= 0.3 is 18.2 Å². The zero-order valence-electron chi connectivity index (χ0n) is 39.5. The summed E-state index contributed by atoms with van der Waals surface area (Å²) in [5.41, 5.74) is 7.95. The van der Waals surface area contributed by atoms with Crippen molar-refractivity contribution in [2.24, 2.45) is 5.41 Å². The molecule has 1 aliphatic carbocycles. The minimum Gasteiger partial charge on any atom is -0.480 e. The second-order valence-corrected chi connectivity index (χ2v) is 20.6. The van der Waals surface area contributed by atoms with E-state index < -0.39 is 48.4 Å². The second-order valence-electron chi connectivity index (χ2n) is 20.6. The van der Waals surface area contributed by atoms with Crippen LogP contribution in [0.1, 0.15) is 117 Å². The number of benzene rings is 1. The molecule has 3 aliphatic heterocycles. The minimum absolute atomic E-state index is 0.0473. The molecular formula is C49H69F3N8O5. The van der Waals surface area contributed by atoms with Gasteiger partial charge in [0.15, 0.2) is 0 Å². The van der Waals surface area contributed by atoms with Crippen molar-refractivity contribution >= 4 is 40.1 Å². The van der Waals surface area contributed by atoms with Gasteiger partial charge in [-0.15, -0.1) is 0 Å². The SMILES string of the molecule is CCC(C)(C)Cc1c(-c2cc(N3CCN(C4CC4)CC3)cnc2C(C)C)n(CC(F)(F)F)c2ccc(C3=CCCN(C[C@H](NC(=O)OC(C)(C)C)C(=O)N4CCC[C@@H](C(=O)O)N4)C3)cc12. The van der Waals surface area contributed by atoms with E-state index in [9.17, 15) is 32.7 Å². The molecular weight excluding hydrogens is 838 g/mol. The van der Waals surface area contributed by atoms with Crippen molar-refractivity contribution in [3.63, 3.8) is 0 Å². The van der Waals surface area contributed by atoms with Gasteiger partial charge in [0.1, 0.15) is 24.2 Å². The number of anilines is 1. The Labute approximate surface area is 381 Å². The number of alkyl halides is 3. The van der Waals surface area contributed by atoms with Crippen molar-refractivity contribution in [3.8, 4) is 11.3 Å². The maximum absolute atomic E-state index is 14.9. The van der Waals surface area contributed by atoms with Crippen molar-refractivity contribution < 1.29 is 37.4 Å². The average molecular weight is 907 g/mol. The van der Waals surface area contributed by atoms with Crippen LogP contribution in [0.5, 0.6) is 0 Å². The highest BCUT2D eigenvalue weighted by Crippen LogP contribution is 2.44. The molecule has 356 valence electrons. The number of hydrogen-bond acceptors (Lipinski definition) is 9. The van der Waals surface area contributed by atoms with Crippen LogP contribution in [0.4, 0.5) is 23.7 Å². The molecule has 2 atom stereocenters. The summed E-state index contributed by atoms with van der Waals surface area (Å²) < 4.78 is 51.6. The van der Waals surface area contributed by atoms with E-state index in [-0.39, 0.29) is 24.4 Å². The molecule has 5 heterocycles. The minimum atomic E-state index is -4.49. The van der Waals surface area contributed by atoms with Crippen molar-refractivity contribution in [2.45, 2.75) is 143 Å². The number of aliphatic carboxylic acids is 1. The van der Waals surface area contributed by atoms with Crippen LogP contribution in [0.15, 0.2) is 36.5 Å². The van der Waals surface area contributed by atoms with Crippen molar-refractivity contribution in [2.75, 3.05) is 57.3 Å². The molecule has 0 radical (unpaired) electrons. The summed E-state index contributed by atoms with van der Waals surface area (Å²) in [5, 5.41) is 14.5. The number of halogens is 3. The number of carbonyl (C=O) groups excluding carboxylic acids is 2. The molecule has 0 unspecified atom stereocenters. The first-order chi connectivity index (χ1) is 30.6. The molecule has 2 aromatic heterocycles. The number of carboxylic acids is 1. The quantitative estimate of drug-likeness (QED) is 0.145. The van der Waals surface area contributed by atoms with Gasteiger partial charge in [-0.25, -0.2) is 10.2 Å². The van der Waals surface area contributed by atoms with Crippen LogP contribution in [-0.4, -0.2) is 130 Å². The van der Waals surface area contributed by atoms with E-state index in [0.29, 0.717) is 56.0 Å². The van der Waals surface area contributed by atoms with Gasteiger partial charge < -0.3 is 24.6 Å². The number of hydrogen-bond donors (Lipinski definition) is 3. The van der Waals surface area contributed by atoms with Gasteiger partial charge in [-0.05, 0) is 106 Å². The van der Waals surface area contributed by atoms with Crippen LogP contribution in [0.3, 0.4) is 0 Å². The van der Waals surface area contributed by atoms with Gasteiger partial charge in [-0.1, -0.05) is 53.2 Å². The van der Waals surface area contributed by atoms with Crippen LogP contribution >= 0.6 is 0 Å². The number of aromatic nitrogens is 2. The van der Waals surface area contributed by atoms with E-state index in [4.69, 9.17) is 9.72 Å². The molecule has 1 aromatic carbocycles. The molecule has 2 saturated heterocycles. The Hall–Kier alpha value is -4.67. The fourth-order valence-corrected chi connectivity index (χ4v) is 9.51. The predicted octanol–water partition coefficient (Wildman–Crippen LogP) is 8.21. The predicted molar refractivity (Wildman–Crippen MR) is 248 cm³/mol. The first-order valence-electron chi connectivity index (χ1n) is 23.5. The average Bonchev–Trinajstić information content (AvgIpc) is 4.06. The highest BCUT2D eigenvalue weighted by atomic mass is 19.4. The third-order valence-corrected chi connectivity index (χ3v) is 13.3. The number of nitrogens with one attached hydrogen (secondary N) is 2. The molecule has 4 aliphatic rings. The van der Waals surface area contributed by atoms with Gasteiger partial charge in [0.2, 0.25) is 0 Å². The van der Waals surface area contributed by atoms with E-state index in [1.165, 1.54) is 22.4 Å². The molecule has 2 amide bonds. The van der Waals surface area contributed by atoms with Crippen LogP contribution in [0.25, 0.3) is 27.7 Å². The number of hydrazine groups is 1. The maximum Gasteiger partial charge on any atom is 0.408 e. The van der Waals surface area contributed by atoms with Crippen LogP contribution in [-0.2, 0) is 27.3 Å². The Bertz CT molecular complexity index is 2250. The number of fused-ring (bicyclic) bond motifs is 1. The fraction of sp³-hybridized carbons (Fsp3) is 0.633. The monoisotopic (exact) mass is 907 g/mol. The lowest BCUT2D eigenvalue weighted by molar-refractivity contribution is -0.148. The Morgan fingerprint density at radius 1 is 0.985 bits per heavy atom. The zero-order chi connectivity index (χ0) is 47.0. The molecule has 3 N–H and O–H groups in total. The number of pyridine rings is 1. The summed E-state index contributed by atoms with van der Waals surface area (Å²) in [6.45, 7) is 19.5. The van der Waals surface area contributed by atoms with Crippen molar-refractivity contribution in [3.05, 3.63) is 53.4 Å². The third-order valence-electron chi connectivity index (χ3n) is 13.3. The molecule has 7 rings (SSSR count). The Morgan fingerprint density at radius 3 is 2.34 bits per heavy atom.